The smallest absolute Gasteiger partial charge is 0.300 e. The summed E-state index contributed by atoms with van der Waals surface area (Å²) in [5.74, 6) is -2.18. The fourth-order valence-electron chi connectivity index (χ4n) is 4.42. The quantitative estimate of drug-likeness (QED) is 0.284. The van der Waals surface area contributed by atoms with E-state index >= 15 is 0 Å². The predicted molar refractivity (Wildman–Crippen MR) is 134 cm³/mol. The van der Waals surface area contributed by atoms with Crippen LogP contribution < -0.4 is 9.64 Å². The van der Waals surface area contributed by atoms with Crippen LogP contribution in [0.3, 0.4) is 0 Å². The van der Waals surface area contributed by atoms with E-state index in [4.69, 9.17) is 4.74 Å². The minimum Gasteiger partial charge on any atom is -0.507 e. The normalized spacial score (nSPS) is 17.7. The molecule has 3 aromatic carbocycles. The summed E-state index contributed by atoms with van der Waals surface area (Å²) in [6.45, 7) is 7.97. The van der Waals surface area contributed by atoms with Gasteiger partial charge in [0.25, 0.3) is 11.7 Å². The van der Waals surface area contributed by atoms with Gasteiger partial charge in [-0.1, -0.05) is 57.2 Å². The lowest BCUT2D eigenvalue weighted by Crippen LogP contribution is -2.29. The molecule has 1 N–H and O–H groups in total. The maximum atomic E-state index is 14.1. The number of benzene rings is 3. The Balaban J connectivity index is 2.02. The van der Waals surface area contributed by atoms with Crippen LogP contribution in [-0.4, -0.2) is 23.9 Å². The second-order valence-corrected chi connectivity index (χ2v) is 9.67. The maximum Gasteiger partial charge on any atom is 0.300 e. The SMILES string of the molecule is COc1ccc(C(C)(C)C)cc1/C(O)=C1\C(=O)C(=O)N(c2cccc(F)c2)C1c1ccccc1C. The van der Waals surface area contributed by atoms with Gasteiger partial charge in [-0.15, -0.1) is 0 Å². The van der Waals surface area contributed by atoms with Crippen molar-refractivity contribution >= 4 is 23.1 Å². The van der Waals surface area contributed by atoms with Crippen molar-refractivity contribution in [3.8, 4) is 5.75 Å². The van der Waals surface area contributed by atoms with Crippen LogP contribution in [0.5, 0.6) is 5.75 Å². The zero-order chi connectivity index (χ0) is 25.5. The first-order valence-corrected chi connectivity index (χ1v) is 11.4. The number of aliphatic hydroxyl groups excluding tert-OH is 1. The van der Waals surface area contributed by atoms with Crippen molar-refractivity contribution in [3.05, 3.63) is 100 Å². The number of halogens is 1. The highest BCUT2D eigenvalue weighted by Gasteiger charge is 2.47. The van der Waals surface area contributed by atoms with Crippen LogP contribution in [-0.2, 0) is 15.0 Å². The summed E-state index contributed by atoms with van der Waals surface area (Å²) < 4.78 is 19.6. The molecule has 1 amide bonds. The average Bonchev–Trinajstić information content (AvgIpc) is 3.08. The number of hydrogen-bond donors (Lipinski definition) is 1. The van der Waals surface area contributed by atoms with E-state index in [1.165, 1.54) is 30.2 Å². The molecule has 1 saturated heterocycles. The highest BCUT2D eigenvalue weighted by molar-refractivity contribution is 6.51. The lowest BCUT2D eigenvalue weighted by Gasteiger charge is -2.27. The van der Waals surface area contributed by atoms with Gasteiger partial charge in [0, 0.05) is 5.69 Å². The zero-order valence-corrected chi connectivity index (χ0v) is 20.4. The van der Waals surface area contributed by atoms with Crippen molar-refractivity contribution in [1.82, 2.24) is 0 Å². The third kappa shape index (κ3) is 4.32. The van der Waals surface area contributed by atoms with Crippen LogP contribution in [0.25, 0.3) is 5.76 Å². The molecule has 4 rings (SSSR count). The van der Waals surface area contributed by atoms with E-state index in [1.54, 1.807) is 30.3 Å². The lowest BCUT2D eigenvalue weighted by molar-refractivity contribution is -0.132. The van der Waals surface area contributed by atoms with Crippen molar-refractivity contribution in [2.75, 3.05) is 12.0 Å². The van der Waals surface area contributed by atoms with Gasteiger partial charge in [0.1, 0.15) is 17.3 Å². The number of ketones is 1. The van der Waals surface area contributed by atoms with Gasteiger partial charge in [0.05, 0.1) is 24.3 Å². The predicted octanol–water partition coefficient (Wildman–Crippen LogP) is 6.07. The molecule has 0 aliphatic carbocycles. The van der Waals surface area contributed by atoms with Gasteiger partial charge >= 0.3 is 0 Å². The van der Waals surface area contributed by atoms with Gasteiger partial charge in [-0.25, -0.2) is 4.39 Å². The summed E-state index contributed by atoms with van der Waals surface area (Å²) in [6, 6.07) is 17.3. The molecule has 0 saturated carbocycles. The van der Waals surface area contributed by atoms with E-state index < -0.39 is 23.5 Å². The number of nitrogens with zero attached hydrogens (tertiary/aromatic N) is 1. The van der Waals surface area contributed by atoms with Gasteiger partial charge in [-0.3, -0.25) is 14.5 Å². The van der Waals surface area contributed by atoms with Crippen molar-refractivity contribution in [2.45, 2.75) is 39.2 Å². The molecule has 1 unspecified atom stereocenters. The Kier molecular flexibility index (Phi) is 6.24. The summed E-state index contributed by atoms with van der Waals surface area (Å²) in [6.07, 6.45) is 0. The maximum absolute atomic E-state index is 14.1. The number of aliphatic hydroxyl groups is 1. The van der Waals surface area contributed by atoms with E-state index in [0.29, 0.717) is 16.9 Å². The molecule has 1 atom stereocenters. The molecule has 1 heterocycles. The molecule has 0 bridgehead atoms. The number of ether oxygens (including phenoxy) is 1. The van der Waals surface area contributed by atoms with Gasteiger partial charge in [-0.2, -0.15) is 0 Å². The molecule has 0 radical (unpaired) electrons. The number of aryl methyl sites for hydroxylation is 1. The third-order valence-corrected chi connectivity index (χ3v) is 6.33. The third-order valence-electron chi connectivity index (χ3n) is 6.33. The van der Waals surface area contributed by atoms with Crippen molar-refractivity contribution in [3.63, 3.8) is 0 Å². The number of rotatable bonds is 4. The van der Waals surface area contributed by atoms with Crippen LogP contribution in [0.4, 0.5) is 10.1 Å². The fraction of sp³-hybridized carbons (Fsp3) is 0.241. The molecule has 5 nitrogen and oxygen atoms in total. The molecular weight excluding hydrogens is 445 g/mol. The van der Waals surface area contributed by atoms with Crippen LogP contribution in [0, 0.1) is 12.7 Å². The molecule has 1 aliphatic heterocycles. The van der Waals surface area contributed by atoms with Crippen molar-refractivity contribution in [1.29, 1.82) is 0 Å². The molecule has 0 spiro atoms. The van der Waals surface area contributed by atoms with Crippen LogP contribution >= 0.6 is 0 Å². The molecule has 3 aromatic rings. The number of Topliss-reactive ketones (excluding diaryl/α,β-unsaturated/α-hetero) is 1. The Morgan fingerprint density at radius 1 is 1.00 bits per heavy atom. The van der Waals surface area contributed by atoms with E-state index in [2.05, 4.69) is 0 Å². The van der Waals surface area contributed by atoms with E-state index in [-0.39, 0.29) is 22.4 Å². The number of hydrogen-bond acceptors (Lipinski definition) is 4. The van der Waals surface area contributed by atoms with E-state index in [0.717, 1.165) is 11.1 Å². The number of amides is 1. The Bertz CT molecular complexity index is 1350. The number of carbonyl (C=O) groups is 2. The zero-order valence-electron chi connectivity index (χ0n) is 20.4. The first kappa shape index (κ1) is 24.2. The molecule has 35 heavy (non-hydrogen) atoms. The van der Waals surface area contributed by atoms with Gasteiger partial charge in [-0.05, 0) is 59.4 Å². The molecular formula is C29H28FNO4. The fourth-order valence-corrected chi connectivity index (χ4v) is 4.42. The van der Waals surface area contributed by atoms with Gasteiger partial charge in [0.2, 0.25) is 0 Å². The highest BCUT2D eigenvalue weighted by Crippen LogP contribution is 2.44. The second-order valence-electron chi connectivity index (χ2n) is 9.67. The van der Waals surface area contributed by atoms with Gasteiger partial charge < -0.3 is 9.84 Å². The minimum absolute atomic E-state index is 0.0714. The number of carbonyl (C=O) groups excluding carboxylic acids is 2. The largest absolute Gasteiger partial charge is 0.507 e. The summed E-state index contributed by atoms with van der Waals surface area (Å²) in [4.78, 5) is 28.0. The monoisotopic (exact) mass is 473 g/mol. The standard InChI is InChI=1S/C29H28FNO4/c1-17-9-6-7-12-21(17)25-24(27(33)28(34)31(25)20-11-8-10-19(30)16-20)26(32)22-15-18(29(2,3)4)13-14-23(22)35-5/h6-16,25,32H,1-5H3/b26-24+. The number of methoxy groups -OCH3 is 1. The molecule has 6 heteroatoms. The summed E-state index contributed by atoms with van der Waals surface area (Å²) in [5.41, 5.74) is 2.64. The highest BCUT2D eigenvalue weighted by atomic mass is 19.1. The lowest BCUT2D eigenvalue weighted by atomic mass is 9.85. The van der Waals surface area contributed by atoms with Crippen molar-refractivity contribution in [2.24, 2.45) is 0 Å². The number of anilines is 1. The molecule has 1 fully saturated rings. The van der Waals surface area contributed by atoms with Crippen LogP contribution in [0.1, 0.15) is 49.1 Å². The summed E-state index contributed by atoms with van der Waals surface area (Å²) >= 11 is 0. The second kappa shape index (κ2) is 9.02. The summed E-state index contributed by atoms with van der Waals surface area (Å²) in [7, 11) is 1.48. The van der Waals surface area contributed by atoms with Gasteiger partial charge in [0.15, 0.2) is 0 Å². The average molecular weight is 474 g/mol. The van der Waals surface area contributed by atoms with E-state index in [9.17, 15) is 19.1 Å². The molecule has 0 aromatic heterocycles. The van der Waals surface area contributed by atoms with Crippen LogP contribution in [0.15, 0.2) is 72.3 Å². The first-order valence-electron chi connectivity index (χ1n) is 11.4. The Labute approximate surface area is 204 Å². The Morgan fingerprint density at radius 3 is 2.34 bits per heavy atom. The Morgan fingerprint density at radius 2 is 1.71 bits per heavy atom. The minimum atomic E-state index is -0.944. The Hall–Kier alpha value is -3.93. The summed E-state index contributed by atoms with van der Waals surface area (Å²) in [5, 5.41) is 11.6. The topological polar surface area (TPSA) is 66.8 Å². The van der Waals surface area contributed by atoms with Crippen LogP contribution in [0.2, 0.25) is 0 Å². The molecule has 1 aliphatic rings. The van der Waals surface area contributed by atoms with Crippen molar-refractivity contribution < 1.29 is 23.8 Å². The molecule has 180 valence electrons. The van der Waals surface area contributed by atoms with E-state index in [1.807, 2.05) is 45.9 Å². The first-order chi connectivity index (χ1) is 16.5.